The van der Waals surface area contributed by atoms with E-state index < -0.39 is 12.1 Å². The van der Waals surface area contributed by atoms with Crippen LogP contribution in [0.4, 0.5) is 0 Å². The van der Waals surface area contributed by atoms with E-state index in [1.807, 2.05) is 0 Å². The average Bonchev–Trinajstić information content (AvgIpc) is 2.16. The number of halogens is 1. The first kappa shape index (κ1) is 11.8. The highest BCUT2D eigenvalue weighted by Crippen LogP contribution is 2.28. The van der Waals surface area contributed by atoms with Crippen LogP contribution in [-0.4, -0.2) is 23.3 Å². The summed E-state index contributed by atoms with van der Waals surface area (Å²) < 4.78 is 4.93. The molecule has 0 saturated carbocycles. The summed E-state index contributed by atoms with van der Waals surface area (Å²) in [5.74, 6) is -0.513. The van der Waals surface area contributed by atoms with Gasteiger partial charge in [0.2, 0.25) is 0 Å². The molecule has 0 aliphatic carbocycles. The van der Waals surface area contributed by atoms with Gasteiger partial charge in [-0.3, -0.25) is 4.79 Å². The number of rotatable bonds is 4. The van der Waals surface area contributed by atoms with Gasteiger partial charge in [0.25, 0.3) is 0 Å². The number of carboxylic acid groups (broad SMARTS) is 1. The number of hydrogen-bond donors (Lipinski definition) is 2. The number of carbonyl (C=O) groups is 1. The van der Waals surface area contributed by atoms with Gasteiger partial charge in [-0.25, -0.2) is 0 Å². The summed E-state index contributed by atoms with van der Waals surface area (Å²) >= 11 is 5.85. The lowest BCUT2D eigenvalue weighted by molar-refractivity contribution is -0.139. The van der Waals surface area contributed by atoms with Crippen LogP contribution in [0.25, 0.3) is 0 Å². The van der Waals surface area contributed by atoms with E-state index in [4.69, 9.17) is 21.4 Å². The number of hydrogen-bond acceptors (Lipinski definition) is 3. The van der Waals surface area contributed by atoms with E-state index in [1.54, 1.807) is 12.1 Å². The largest absolute Gasteiger partial charge is 0.497 e. The molecule has 4 nitrogen and oxygen atoms in total. The van der Waals surface area contributed by atoms with E-state index in [2.05, 4.69) is 0 Å². The first-order valence-electron chi connectivity index (χ1n) is 4.28. The number of aliphatic carboxylic acids is 1. The highest BCUT2D eigenvalue weighted by molar-refractivity contribution is 6.31. The average molecular weight is 231 g/mol. The normalized spacial score (nSPS) is 12.2. The van der Waals surface area contributed by atoms with Crippen molar-refractivity contribution in [1.82, 2.24) is 0 Å². The molecule has 0 bridgehead atoms. The molecule has 0 radical (unpaired) electrons. The Bertz CT molecular complexity index is 364. The predicted octanol–water partition coefficient (Wildman–Crippen LogP) is 1.86. The lowest BCUT2D eigenvalue weighted by Gasteiger charge is -2.11. The Hall–Kier alpha value is -1.26. The smallest absolute Gasteiger partial charge is 0.306 e. The van der Waals surface area contributed by atoms with Gasteiger partial charge in [-0.05, 0) is 17.7 Å². The molecule has 0 aromatic heterocycles. The van der Waals surface area contributed by atoms with Crippen molar-refractivity contribution in [3.63, 3.8) is 0 Å². The molecule has 0 amide bonds. The van der Waals surface area contributed by atoms with E-state index in [0.29, 0.717) is 16.3 Å². The Morgan fingerprint density at radius 2 is 2.27 bits per heavy atom. The number of carboxylic acids is 1. The fourth-order valence-corrected chi connectivity index (χ4v) is 1.48. The molecular formula is C10H11ClO4. The van der Waals surface area contributed by atoms with Crippen molar-refractivity contribution in [2.75, 3.05) is 7.11 Å². The molecule has 0 fully saturated rings. The van der Waals surface area contributed by atoms with Crippen LogP contribution in [0.2, 0.25) is 5.02 Å². The summed E-state index contributed by atoms with van der Waals surface area (Å²) in [6.45, 7) is 0. The fourth-order valence-electron chi connectivity index (χ4n) is 1.18. The van der Waals surface area contributed by atoms with Gasteiger partial charge in [0.05, 0.1) is 24.7 Å². The first-order valence-corrected chi connectivity index (χ1v) is 4.65. The van der Waals surface area contributed by atoms with E-state index in [1.165, 1.54) is 13.2 Å². The van der Waals surface area contributed by atoms with Crippen LogP contribution in [0.5, 0.6) is 5.75 Å². The number of aliphatic hydroxyl groups excluding tert-OH is 1. The molecule has 82 valence electrons. The topological polar surface area (TPSA) is 66.8 Å². The summed E-state index contributed by atoms with van der Waals surface area (Å²) in [5.41, 5.74) is 0.389. The third-order valence-electron chi connectivity index (χ3n) is 1.93. The summed E-state index contributed by atoms with van der Waals surface area (Å²) in [7, 11) is 1.50. The second-order valence-electron chi connectivity index (χ2n) is 3.00. The quantitative estimate of drug-likeness (QED) is 0.829. The van der Waals surface area contributed by atoms with Gasteiger partial charge in [-0.15, -0.1) is 0 Å². The molecule has 1 atom stereocenters. The molecular weight excluding hydrogens is 220 g/mol. The maximum atomic E-state index is 10.4. The molecule has 0 aliphatic heterocycles. The van der Waals surface area contributed by atoms with Crippen molar-refractivity contribution < 1.29 is 19.7 Å². The number of methoxy groups -OCH3 is 1. The monoisotopic (exact) mass is 230 g/mol. The zero-order valence-corrected chi connectivity index (χ0v) is 8.86. The zero-order valence-electron chi connectivity index (χ0n) is 8.11. The van der Waals surface area contributed by atoms with Crippen LogP contribution in [0.3, 0.4) is 0 Å². The molecule has 1 aromatic rings. The van der Waals surface area contributed by atoms with E-state index in [9.17, 15) is 9.90 Å². The van der Waals surface area contributed by atoms with E-state index in [-0.39, 0.29) is 6.42 Å². The predicted molar refractivity (Wildman–Crippen MR) is 55.2 cm³/mol. The molecule has 0 spiro atoms. The Balaban J connectivity index is 2.90. The molecule has 5 heteroatoms. The first-order chi connectivity index (χ1) is 7.04. The minimum absolute atomic E-state index is 0.295. The Kier molecular flexibility index (Phi) is 3.94. The van der Waals surface area contributed by atoms with Crippen molar-refractivity contribution in [3.8, 4) is 5.75 Å². The maximum absolute atomic E-state index is 10.4. The lowest BCUT2D eigenvalue weighted by Crippen LogP contribution is -2.05. The van der Waals surface area contributed by atoms with Crippen LogP contribution in [0, 0.1) is 0 Å². The summed E-state index contributed by atoms with van der Waals surface area (Å²) in [4.78, 5) is 10.4. The number of aliphatic hydroxyl groups is 1. The van der Waals surface area contributed by atoms with Gasteiger partial charge in [-0.2, -0.15) is 0 Å². The standard InChI is InChI=1S/C10H11ClO4/c1-15-6-2-3-7(8(11)4-6)9(12)5-10(13)14/h2-4,9,12H,5H2,1H3,(H,13,14). The summed E-state index contributed by atoms with van der Waals surface area (Å²) in [6, 6.07) is 4.70. The third-order valence-corrected chi connectivity index (χ3v) is 2.26. The van der Waals surface area contributed by atoms with Gasteiger partial charge in [-0.1, -0.05) is 17.7 Å². The SMILES string of the molecule is COc1ccc(C(O)CC(=O)O)c(Cl)c1. The second kappa shape index (κ2) is 5.00. The Morgan fingerprint density at radius 3 is 2.73 bits per heavy atom. The molecule has 2 N–H and O–H groups in total. The van der Waals surface area contributed by atoms with Gasteiger partial charge in [0.15, 0.2) is 0 Å². The van der Waals surface area contributed by atoms with Crippen LogP contribution >= 0.6 is 11.6 Å². The Morgan fingerprint density at radius 1 is 1.60 bits per heavy atom. The van der Waals surface area contributed by atoms with Crippen molar-refractivity contribution in [1.29, 1.82) is 0 Å². The fraction of sp³-hybridized carbons (Fsp3) is 0.300. The van der Waals surface area contributed by atoms with Crippen molar-refractivity contribution in [2.45, 2.75) is 12.5 Å². The minimum Gasteiger partial charge on any atom is -0.497 e. The molecule has 0 heterocycles. The number of ether oxygens (including phenoxy) is 1. The second-order valence-corrected chi connectivity index (χ2v) is 3.41. The zero-order chi connectivity index (χ0) is 11.4. The minimum atomic E-state index is -1.10. The van der Waals surface area contributed by atoms with Crippen LogP contribution in [0.1, 0.15) is 18.1 Å². The van der Waals surface area contributed by atoms with E-state index in [0.717, 1.165) is 0 Å². The summed E-state index contributed by atoms with van der Waals surface area (Å²) in [5, 5.41) is 18.3. The third kappa shape index (κ3) is 3.11. The molecule has 1 unspecified atom stereocenters. The van der Waals surface area contributed by atoms with Gasteiger partial charge >= 0.3 is 5.97 Å². The van der Waals surface area contributed by atoms with Crippen LogP contribution in [0.15, 0.2) is 18.2 Å². The molecule has 0 saturated heterocycles. The van der Waals surface area contributed by atoms with Gasteiger partial charge in [0, 0.05) is 0 Å². The Labute approximate surface area is 92.1 Å². The van der Waals surface area contributed by atoms with Gasteiger partial charge in [0.1, 0.15) is 5.75 Å². The summed E-state index contributed by atoms with van der Waals surface area (Å²) in [6.07, 6.45) is -1.47. The molecule has 1 aromatic carbocycles. The van der Waals surface area contributed by atoms with Crippen molar-refractivity contribution in [3.05, 3.63) is 28.8 Å². The van der Waals surface area contributed by atoms with Crippen molar-refractivity contribution in [2.24, 2.45) is 0 Å². The van der Waals surface area contributed by atoms with Crippen LogP contribution < -0.4 is 4.74 Å². The lowest BCUT2D eigenvalue weighted by atomic mass is 10.1. The maximum Gasteiger partial charge on any atom is 0.306 e. The molecule has 15 heavy (non-hydrogen) atoms. The highest BCUT2D eigenvalue weighted by Gasteiger charge is 2.15. The molecule has 1 rings (SSSR count). The molecule has 0 aliphatic rings. The van der Waals surface area contributed by atoms with Crippen LogP contribution in [-0.2, 0) is 4.79 Å². The van der Waals surface area contributed by atoms with E-state index >= 15 is 0 Å². The highest BCUT2D eigenvalue weighted by atomic mass is 35.5. The number of benzene rings is 1. The van der Waals surface area contributed by atoms with Gasteiger partial charge < -0.3 is 14.9 Å². The van der Waals surface area contributed by atoms with Crippen molar-refractivity contribution >= 4 is 17.6 Å².